The van der Waals surface area contributed by atoms with E-state index < -0.39 is 28.8 Å². The zero-order chi connectivity index (χ0) is 11.8. The Balaban J connectivity index is -0.000000750. The number of hydrogen-bond donors (Lipinski definition) is 2. The van der Waals surface area contributed by atoms with Gasteiger partial charge in [0.25, 0.3) is 0 Å². The van der Waals surface area contributed by atoms with Gasteiger partial charge in [-0.3, -0.25) is 4.79 Å². The number of carbonyl (C=O) groups is 3. The normalized spacial score (nSPS) is 28.4. The molecule has 1 heterocycles. The monoisotopic (exact) mass is 275 g/mol. The van der Waals surface area contributed by atoms with Gasteiger partial charge in [0.05, 0.1) is 0 Å². The van der Waals surface area contributed by atoms with Crippen LogP contribution in [0.15, 0.2) is 0 Å². The Labute approximate surface area is 129 Å². The first-order valence-electron chi connectivity index (χ1n) is 4.20. The van der Waals surface area contributed by atoms with Crippen LogP contribution in [0.25, 0.3) is 0 Å². The Morgan fingerprint density at radius 2 is 1.94 bits per heavy atom. The Hall–Kier alpha value is 0.0197. The molecule has 2 unspecified atom stereocenters. The molecule has 0 spiro atoms. The summed E-state index contributed by atoms with van der Waals surface area (Å²) in [4.78, 5) is 32.5. The minimum absolute atomic E-state index is 0. The summed E-state index contributed by atoms with van der Waals surface area (Å²) in [6.07, 6.45) is 0. The maximum Gasteiger partial charge on any atom is 2.00 e. The van der Waals surface area contributed by atoms with Crippen molar-refractivity contribution in [3.05, 3.63) is 0 Å². The van der Waals surface area contributed by atoms with Gasteiger partial charge >= 0.3 is 49.7 Å². The number of rotatable bonds is 2. The van der Waals surface area contributed by atoms with Crippen LogP contribution in [0.4, 0.5) is 0 Å². The van der Waals surface area contributed by atoms with Gasteiger partial charge in [-0.25, -0.2) is 9.59 Å². The fraction of sp³-hybridized carbons (Fsp3) is 0.625. The molecular formula is C8H13CaNO5S. The van der Waals surface area contributed by atoms with E-state index in [4.69, 9.17) is 10.2 Å². The second kappa shape index (κ2) is 5.57. The summed E-state index contributed by atoms with van der Waals surface area (Å²) in [7, 11) is 0. The van der Waals surface area contributed by atoms with Crippen LogP contribution in [0.3, 0.4) is 0 Å². The van der Waals surface area contributed by atoms with Crippen LogP contribution >= 0.6 is 11.8 Å². The predicted octanol–water partition coefficient (Wildman–Crippen LogP) is -0.320. The van der Waals surface area contributed by atoms with E-state index in [1.165, 1.54) is 13.8 Å². The van der Waals surface area contributed by atoms with E-state index in [9.17, 15) is 14.4 Å². The van der Waals surface area contributed by atoms with E-state index in [0.29, 0.717) is 0 Å². The van der Waals surface area contributed by atoms with Gasteiger partial charge in [0.15, 0.2) is 4.87 Å². The quantitative estimate of drug-likeness (QED) is 0.671. The maximum atomic E-state index is 11.3. The molecule has 2 N–H and O–H groups in total. The number of carboxylic acid groups (broad SMARTS) is 2. The van der Waals surface area contributed by atoms with Crippen molar-refractivity contribution >= 4 is 67.3 Å². The van der Waals surface area contributed by atoms with Crippen molar-refractivity contribution in [1.29, 1.82) is 0 Å². The average Bonchev–Trinajstić information content (AvgIpc) is 2.44. The molecule has 0 saturated carbocycles. The van der Waals surface area contributed by atoms with E-state index >= 15 is 0 Å². The predicted molar refractivity (Wildman–Crippen MR) is 60.4 cm³/mol. The van der Waals surface area contributed by atoms with Gasteiger partial charge in [-0.2, -0.15) is 0 Å². The van der Waals surface area contributed by atoms with Crippen molar-refractivity contribution in [2.45, 2.75) is 24.8 Å². The summed E-state index contributed by atoms with van der Waals surface area (Å²) >= 11 is 0.950. The Morgan fingerprint density at radius 3 is 2.25 bits per heavy atom. The third-order valence-corrected chi connectivity index (χ3v) is 3.73. The standard InChI is InChI=1S/C8H11NO5S.Ca.2H/c1-4(10)9-5(6(11)12)3-15-8(9,2)7(13)14;;;/h5H,3H2,1-2H3,(H,11,12)(H,13,14);;;/q;+2;2*-1. The van der Waals surface area contributed by atoms with Crippen molar-refractivity contribution in [3.8, 4) is 0 Å². The van der Waals surface area contributed by atoms with Gasteiger partial charge in [0, 0.05) is 12.7 Å². The molecule has 2 atom stereocenters. The molecule has 6 nitrogen and oxygen atoms in total. The van der Waals surface area contributed by atoms with Gasteiger partial charge in [-0.1, -0.05) is 0 Å². The molecule has 1 saturated heterocycles. The number of thioether (sulfide) groups is 1. The zero-order valence-electron chi connectivity index (χ0n) is 11.0. The first-order chi connectivity index (χ1) is 6.80. The van der Waals surface area contributed by atoms with Crippen LogP contribution in [0.2, 0.25) is 0 Å². The Kier molecular flexibility index (Phi) is 5.58. The van der Waals surface area contributed by atoms with Crippen molar-refractivity contribution in [2.24, 2.45) is 0 Å². The molecule has 0 aromatic heterocycles. The minimum atomic E-state index is -1.48. The molecular weight excluding hydrogens is 262 g/mol. The van der Waals surface area contributed by atoms with Crippen LogP contribution in [0, 0.1) is 0 Å². The largest absolute Gasteiger partial charge is 2.00 e. The van der Waals surface area contributed by atoms with E-state index in [2.05, 4.69) is 0 Å². The molecule has 1 fully saturated rings. The topological polar surface area (TPSA) is 94.9 Å². The third-order valence-electron chi connectivity index (χ3n) is 2.31. The molecule has 1 aliphatic rings. The fourth-order valence-electron chi connectivity index (χ4n) is 1.55. The molecule has 0 aromatic rings. The SMILES string of the molecule is CC(=O)N1C(C(=O)O)CSC1(C)C(=O)O.[Ca+2].[H-].[H-]. The van der Waals surface area contributed by atoms with E-state index in [0.717, 1.165) is 16.7 Å². The summed E-state index contributed by atoms with van der Waals surface area (Å²) in [6, 6.07) is -1.06. The van der Waals surface area contributed by atoms with Crippen LogP contribution in [-0.2, 0) is 14.4 Å². The number of carbonyl (C=O) groups excluding carboxylic acids is 1. The smallest absolute Gasteiger partial charge is 1.00 e. The molecule has 1 aliphatic heterocycles. The van der Waals surface area contributed by atoms with Gasteiger partial charge in [0.2, 0.25) is 5.91 Å². The molecule has 88 valence electrons. The molecule has 1 amide bonds. The fourth-order valence-corrected chi connectivity index (χ4v) is 2.84. The third kappa shape index (κ3) is 2.64. The molecule has 1 rings (SSSR count). The molecule has 0 radical (unpaired) electrons. The number of hydrogen-bond acceptors (Lipinski definition) is 4. The van der Waals surface area contributed by atoms with E-state index in [-0.39, 0.29) is 46.3 Å². The first kappa shape index (κ1) is 16.0. The van der Waals surface area contributed by atoms with Gasteiger partial charge < -0.3 is 18.0 Å². The molecule has 8 heteroatoms. The maximum absolute atomic E-state index is 11.3. The van der Waals surface area contributed by atoms with Gasteiger partial charge in [-0.15, -0.1) is 11.8 Å². The van der Waals surface area contributed by atoms with Crippen LogP contribution in [0.1, 0.15) is 16.7 Å². The van der Waals surface area contributed by atoms with Crippen molar-refractivity contribution in [2.75, 3.05) is 5.75 Å². The number of aliphatic carboxylic acids is 2. The summed E-state index contributed by atoms with van der Waals surface area (Å²) < 4.78 is 0. The molecule has 0 aromatic carbocycles. The van der Waals surface area contributed by atoms with Crippen molar-refractivity contribution < 1.29 is 27.4 Å². The van der Waals surface area contributed by atoms with Crippen molar-refractivity contribution in [1.82, 2.24) is 4.90 Å². The zero-order valence-corrected chi connectivity index (χ0v) is 12.0. The van der Waals surface area contributed by atoms with E-state index in [1.54, 1.807) is 0 Å². The van der Waals surface area contributed by atoms with Crippen LogP contribution in [0.5, 0.6) is 0 Å². The van der Waals surface area contributed by atoms with Gasteiger partial charge in [-0.05, 0) is 6.92 Å². The van der Waals surface area contributed by atoms with Crippen LogP contribution < -0.4 is 0 Å². The Bertz CT molecular complexity index is 345. The molecule has 16 heavy (non-hydrogen) atoms. The van der Waals surface area contributed by atoms with Crippen LogP contribution in [-0.4, -0.2) is 87.4 Å². The molecule has 0 aliphatic carbocycles. The van der Waals surface area contributed by atoms with E-state index in [1.807, 2.05) is 0 Å². The minimum Gasteiger partial charge on any atom is -1.00 e. The Morgan fingerprint density at radius 1 is 1.44 bits per heavy atom. The van der Waals surface area contributed by atoms with Gasteiger partial charge in [0.1, 0.15) is 6.04 Å². The van der Waals surface area contributed by atoms with Crippen molar-refractivity contribution in [3.63, 3.8) is 0 Å². The summed E-state index contributed by atoms with van der Waals surface area (Å²) in [5, 5.41) is 17.8. The number of nitrogens with zero attached hydrogens (tertiary/aromatic N) is 1. The molecule has 0 bridgehead atoms. The second-order valence-corrected chi connectivity index (χ2v) is 4.76. The second-order valence-electron chi connectivity index (χ2n) is 3.34. The number of carboxylic acids is 2. The summed E-state index contributed by atoms with van der Waals surface area (Å²) in [6.45, 7) is 2.51. The summed E-state index contributed by atoms with van der Waals surface area (Å²) in [5.74, 6) is -2.83. The summed E-state index contributed by atoms with van der Waals surface area (Å²) in [5.41, 5.74) is 0. The number of amides is 1. The average molecular weight is 275 g/mol. The first-order valence-corrected chi connectivity index (χ1v) is 5.19.